The summed E-state index contributed by atoms with van der Waals surface area (Å²) in [5.41, 5.74) is 3.24. The molecular formula is C17H18ClN4NaO4S. The first-order valence-electron chi connectivity index (χ1n) is 7.75. The van der Waals surface area contributed by atoms with Crippen molar-refractivity contribution in [1.29, 1.82) is 0 Å². The quantitative estimate of drug-likeness (QED) is 0.334. The van der Waals surface area contributed by atoms with Crippen LogP contribution in [-0.2, 0) is 10.0 Å². The number of nitrogens with one attached hydrogen (secondary N) is 1. The second kappa shape index (κ2) is 10.2. The summed E-state index contributed by atoms with van der Waals surface area (Å²) in [7, 11) is -1.09. The van der Waals surface area contributed by atoms with Crippen molar-refractivity contribution in [2.45, 2.75) is 11.8 Å². The first-order chi connectivity index (χ1) is 12.7. The van der Waals surface area contributed by atoms with Crippen LogP contribution in [0.3, 0.4) is 0 Å². The van der Waals surface area contributed by atoms with E-state index < -0.39 is 16.0 Å². The number of hydrogen-bond acceptors (Lipinski definition) is 7. The molecule has 0 spiro atoms. The number of rotatable bonds is 7. The number of hydrazine groups is 1. The summed E-state index contributed by atoms with van der Waals surface area (Å²) in [6, 6.07) is 10.4. The van der Waals surface area contributed by atoms with Gasteiger partial charge in [0.15, 0.2) is 0 Å². The Bertz CT molecular complexity index is 983. The van der Waals surface area contributed by atoms with E-state index >= 15 is 0 Å². The van der Waals surface area contributed by atoms with Crippen LogP contribution in [0, 0.1) is 0 Å². The normalized spacial score (nSPS) is 11.3. The van der Waals surface area contributed by atoms with Crippen LogP contribution < -0.4 is 45.2 Å². The van der Waals surface area contributed by atoms with Gasteiger partial charge in [-0.1, -0.05) is 17.7 Å². The number of carboxylic acids is 1. The zero-order chi connectivity index (χ0) is 20.2. The Morgan fingerprint density at radius 3 is 2.43 bits per heavy atom. The standard InChI is InChI=1S/C17H19ClN4O4S.Na/c1-4-19-22(20-13-7-5-6-12(18)10-13)16-9-8-14(11-15(16)17(23)24)27(25,26)21(2)3;/h4-11,20H,1-3H3,(H,23,24);/q;+1/p-1/b19-4+;. The molecule has 0 heterocycles. The molecule has 0 bridgehead atoms. The molecule has 2 aromatic rings. The zero-order valence-corrected chi connectivity index (χ0v) is 19.5. The molecule has 0 aliphatic rings. The molecule has 0 aliphatic heterocycles. The van der Waals surface area contributed by atoms with Gasteiger partial charge in [0.1, 0.15) is 0 Å². The molecule has 0 aromatic heterocycles. The van der Waals surface area contributed by atoms with Gasteiger partial charge < -0.3 is 9.90 Å². The van der Waals surface area contributed by atoms with Gasteiger partial charge >= 0.3 is 29.6 Å². The summed E-state index contributed by atoms with van der Waals surface area (Å²) in [6.45, 7) is 1.65. The fourth-order valence-electron chi connectivity index (χ4n) is 2.18. The molecule has 0 atom stereocenters. The van der Waals surface area contributed by atoms with Crippen LogP contribution in [0.15, 0.2) is 52.5 Å². The van der Waals surface area contributed by atoms with Crippen molar-refractivity contribution in [2.75, 3.05) is 24.6 Å². The van der Waals surface area contributed by atoms with Crippen molar-refractivity contribution in [3.05, 3.63) is 53.1 Å². The van der Waals surface area contributed by atoms with Crippen LogP contribution in [0.2, 0.25) is 5.02 Å². The third-order valence-corrected chi connectivity index (χ3v) is 5.53. The van der Waals surface area contributed by atoms with Gasteiger partial charge in [-0.25, -0.2) is 12.7 Å². The molecule has 0 saturated heterocycles. The Morgan fingerprint density at radius 2 is 1.89 bits per heavy atom. The topological polar surface area (TPSA) is 105 Å². The number of benzene rings is 2. The van der Waals surface area contributed by atoms with Crippen molar-refractivity contribution in [1.82, 2.24) is 4.31 Å². The average Bonchev–Trinajstić information content (AvgIpc) is 2.60. The van der Waals surface area contributed by atoms with Gasteiger partial charge in [0.2, 0.25) is 10.0 Å². The van der Waals surface area contributed by atoms with Crippen molar-refractivity contribution in [3.63, 3.8) is 0 Å². The monoisotopic (exact) mass is 432 g/mol. The Kier molecular flexibility index (Phi) is 8.93. The van der Waals surface area contributed by atoms with E-state index in [-0.39, 0.29) is 45.7 Å². The van der Waals surface area contributed by atoms with Gasteiger partial charge in [-0.2, -0.15) is 10.2 Å². The largest absolute Gasteiger partial charge is 1.00 e. The zero-order valence-electron chi connectivity index (χ0n) is 15.9. The number of carbonyl (C=O) groups is 1. The van der Waals surface area contributed by atoms with Crippen LogP contribution in [0.25, 0.3) is 0 Å². The van der Waals surface area contributed by atoms with E-state index in [2.05, 4.69) is 10.5 Å². The van der Waals surface area contributed by atoms with Crippen LogP contribution >= 0.6 is 11.6 Å². The predicted octanol–water partition coefficient (Wildman–Crippen LogP) is -1.20. The molecular weight excluding hydrogens is 415 g/mol. The summed E-state index contributed by atoms with van der Waals surface area (Å²) < 4.78 is 25.6. The van der Waals surface area contributed by atoms with Crippen LogP contribution in [0.4, 0.5) is 11.4 Å². The third-order valence-electron chi connectivity index (χ3n) is 3.49. The summed E-state index contributed by atoms with van der Waals surface area (Å²) in [5, 5.41) is 17.4. The number of anilines is 2. The molecule has 0 amide bonds. The molecule has 0 saturated carbocycles. The van der Waals surface area contributed by atoms with Crippen molar-refractivity contribution in [3.8, 4) is 0 Å². The number of nitrogens with zero attached hydrogens (tertiary/aromatic N) is 3. The summed E-state index contributed by atoms with van der Waals surface area (Å²) in [6.07, 6.45) is 1.45. The number of carboxylic acid groups (broad SMARTS) is 1. The molecule has 0 aliphatic carbocycles. The predicted molar refractivity (Wildman–Crippen MR) is 103 cm³/mol. The van der Waals surface area contributed by atoms with E-state index in [9.17, 15) is 18.3 Å². The van der Waals surface area contributed by atoms with Crippen LogP contribution in [0.5, 0.6) is 0 Å². The number of carbonyl (C=O) groups excluding carboxylic acids is 1. The van der Waals surface area contributed by atoms with Gasteiger partial charge in [-0.05, 0) is 43.3 Å². The van der Waals surface area contributed by atoms with E-state index in [0.717, 1.165) is 10.4 Å². The van der Waals surface area contributed by atoms with Gasteiger partial charge in [0.05, 0.1) is 22.2 Å². The summed E-state index contributed by atoms with van der Waals surface area (Å²) in [4.78, 5) is 11.5. The van der Waals surface area contributed by atoms with E-state index in [1.54, 1.807) is 31.2 Å². The van der Waals surface area contributed by atoms with Crippen molar-refractivity contribution in [2.24, 2.45) is 5.10 Å². The Labute approximate surface area is 191 Å². The molecule has 2 aromatic carbocycles. The molecule has 8 nitrogen and oxygen atoms in total. The molecule has 11 heteroatoms. The number of aromatic carboxylic acids is 1. The molecule has 0 fully saturated rings. The summed E-state index contributed by atoms with van der Waals surface area (Å²) >= 11 is 5.96. The maximum Gasteiger partial charge on any atom is 1.00 e. The SMILES string of the molecule is C/C=N/N(Nc1cccc(Cl)c1)c1ccc(S(=O)(=O)N(C)C)cc1C(=O)[O-].[Na+]. The van der Waals surface area contributed by atoms with Gasteiger partial charge in [-0.15, -0.1) is 0 Å². The maximum atomic E-state index is 12.3. The second-order valence-corrected chi connectivity index (χ2v) is 8.15. The molecule has 144 valence electrons. The first-order valence-corrected chi connectivity index (χ1v) is 9.57. The Hall–Kier alpha value is -1.62. The minimum Gasteiger partial charge on any atom is -0.545 e. The smallest absolute Gasteiger partial charge is 0.545 e. The fourth-order valence-corrected chi connectivity index (χ4v) is 3.30. The molecule has 1 N–H and O–H groups in total. The van der Waals surface area contributed by atoms with Crippen LogP contribution in [-0.4, -0.2) is 39.0 Å². The van der Waals surface area contributed by atoms with Crippen molar-refractivity contribution < 1.29 is 47.9 Å². The maximum absolute atomic E-state index is 12.3. The third kappa shape index (κ3) is 5.69. The molecule has 2 rings (SSSR count). The summed E-state index contributed by atoms with van der Waals surface area (Å²) in [5.74, 6) is -1.54. The number of sulfonamides is 1. The number of hydrogen-bond donors (Lipinski definition) is 1. The minimum atomic E-state index is -3.80. The van der Waals surface area contributed by atoms with Crippen LogP contribution in [0.1, 0.15) is 17.3 Å². The molecule has 0 radical (unpaired) electrons. The van der Waals surface area contributed by atoms with Gasteiger partial charge in [-0.3, -0.25) is 5.43 Å². The first kappa shape index (κ1) is 24.4. The molecule has 28 heavy (non-hydrogen) atoms. The van der Waals surface area contributed by atoms with E-state index in [0.29, 0.717) is 10.7 Å². The Morgan fingerprint density at radius 1 is 1.21 bits per heavy atom. The fraction of sp³-hybridized carbons (Fsp3) is 0.176. The van der Waals surface area contributed by atoms with E-state index in [1.165, 1.54) is 37.6 Å². The van der Waals surface area contributed by atoms with Crippen molar-refractivity contribution >= 4 is 45.2 Å². The van der Waals surface area contributed by atoms with Gasteiger partial charge in [0, 0.05) is 30.9 Å². The number of hydrazone groups is 1. The Balaban J connectivity index is 0.00000392. The average molecular weight is 433 g/mol. The second-order valence-electron chi connectivity index (χ2n) is 5.56. The number of halogens is 1. The van der Waals surface area contributed by atoms with E-state index in [1.807, 2.05) is 0 Å². The van der Waals surface area contributed by atoms with E-state index in [4.69, 9.17) is 11.6 Å². The van der Waals surface area contributed by atoms with Gasteiger partial charge in [0.25, 0.3) is 0 Å². The minimum absolute atomic E-state index is 0. The molecule has 0 unspecified atom stereocenters.